The van der Waals surface area contributed by atoms with Gasteiger partial charge in [0.2, 0.25) is 10.0 Å². The predicted octanol–water partition coefficient (Wildman–Crippen LogP) is 1.14. The average molecular weight is 739 g/mol. The van der Waals surface area contributed by atoms with Crippen LogP contribution in [0.1, 0.15) is 11.4 Å². The van der Waals surface area contributed by atoms with Crippen molar-refractivity contribution in [3.05, 3.63) is 115 Å². The fourth-order valence-corrected chi connectivity index (χ4v) is 4.75. The van der Waals surface area contributed by atoms with Gasteiger partial charge in [-0.3, -0.25) is 0 Å². The van der Waals surface area contributed by atoms with Crippen LogP contribution in [0.3, 0.4) is 0 Å². The summed E-state index contributed by atoms with van der Waals surface area (Å²) in [6, 6.07) is 27.2. The van der Waals surface area contributed by atoms with E-state index in [0.29, 0.717) is 22.8 Å². The second kappa shape index (κ2) is 17.2. The molecule has 0 bridgehead atoms. The molecular weight excluding hydrogens is 713 g/mol. The molecule has 0 atom stereocenters. The van der Waals surface area contributed by atoms with E-state index < -0.39 is 21.7 Å². The number of hydrogen-bond donors (Lipinski definition) is 1. The Labute approximate surface area is 319 Å². The van der Waals surface area contributed by atoms with Crippen molar-refractivity contribution in [3.63, 3.8) is 0 Å². The maximum absolute atomic E-state index is 12.5. The van der Waals surface area contributed by atoms with Crippen molar-refractivity contribution in [2.24, 2.45) is 25.6 Å². The van der Waals surface area contributed by atoms with Crippen LogP contribution < -0.4 is 55.1 Å². The molecule has 0 aliphatic heterocycles. The van der Waals surface area contributed by atoms with E-state index in [4.69, 9.17) is 5.14 Å². The number of aromatic nitrogens is 4. The van der Waals surface area contributed by atoms with E-state index in [1.807, 2.05) is 18.2 Å². The van der Waals surface area contributed by atoms with Gasteiger partial charge in [-0.1, -0.05) is 72.2 Å². The first-order valence-electron chi connectivity index (χ1n) is 14.0. The number of primary sulfonamides is 1. The molecule has 18 heteroatoms. The fraction of sp³-hybridized carbons (Fsp3) is 0.0625. The van der Waals surface area contributed by atoms with Crippen molar-refractivity contribution in [1.82, 2.24) is 19.6 Å². The van der Waals surface area contributed by atoms with E-state index in [2.05, 4.69) is 30.7 Å². The molecule has 4 aromatic carbocycles. The van der Waals surface area contributed by atoms with Crippen LogP contribution in [-0.4, -0.2) is 28.0 Å². The van der Waals surface area contributed by atoms with Gasteiger partial charge < -0.3 is 20.4 Å². The van der Waals surface area contributed by atoms with Crippen LogP contribution in [-0.2, 0) is 27.4 Å². The Morgan fingerprint density at radius 1 is 0.600 bits per heavy atom. The van der Waals surface area contributed by atoms with Crippen LogP contribution in [0.4, 0.5) is 22.7 Å². The van der Waals surface area contributed by atoms with Crippen LogP contribution in [0.5, 0.6) is 23.3 Å². The van der Waals surface area contributed by atoms with E-state index in [9.17, 15) is 28.8 Å². The van der Waals surface area contributed by atoms with Gasteiger partial charge >= 0.3 is 46.9 Å². The molecule has 1 radical (unpaired) electrons. The minimum Gasteiger partial charge on any atom is -0.871 e. The number of hydrogen-bond acceptors (Lipinski definition) is 12. The number of sulfonamides is 1. The minimum atomic E-state index is -3.99. The summed E-state index contributed by atoms with van der Waals surface area (Å²) in [5, 5.41) is 76.9. The monoisotopic (exact) mass is 738 g/mol. The number of para-hydroxylation sites is 3. The maximum atomic E-state index is 12.5. The van der Waals surface area contributed by atoms with E-state index in [1.54, 1.807) is 74.5 Å². The summed E-state index contributed by atoms with van der Waals surface area (Å²) < 4.78 is 25.2. The molecule has 0 spiro atoms. The van der Waals surface area contributed by atoms with Crippen LogP contribution in [0.2, 0.25) is 0 Å². The first-order chi connectivity index (χ1) is 22.9. The number of aryl methyl sites for hydroxylation is 2. The van der Waals surface area contributed by atoms with Crippen LogP contribution >= 0.6 is 0 Å². The van der Waals surface area contributed by atoms with E-state index >= 15 is 0 Å². The second-order valence-electron chi connectivity index (χ2n) is 10.0. The maximum Gasteiger partial charge on any atom is 3.00 e. The molecule has 6 aromatic rings. The van der Waals surface area contributed by atoms with Crippen molar-refractivity contribution in [2.75, 3.05) is 0 Å². The molecule has 2 aromatic heterocycles. The summed E-state index contributed by atoms with van der Waals surface area (Å²) in [5.74, 6) is -1.67. The molecule has 50 heavy (non-hydrogen) atoms. The molecule has 0 saturated heterocycles. The Morgan fingerprint density at radius 3 is 1.48 bits per heavy atom. The molecular formula is C32H25CrN9NaO6S. The molecule has 0 amide bonds. The number of azo groups is 2. The van der Waals surface area contributed by atoms with E-state index in [-0.39, 0.29) is 86.2 Å². The Balaban J connectivity index is 0.000000263. The number of rotatable bonds is 7. The smallest absolute Gasteiger partial charge is 0.871 e. The third kappa shape index (κ3) is 9.22. The molecule has 0 fully saturated rings. The molecule has 15 nitrogen and oxygen atoms in total. The normalized spacial score (nSPS) is 11.1. The largest absolute Gasteiger partial charge is 3.00 e. The summed E-state index contributed by atoms with van der Waals surface area (Å²) in [5.41, 5.74) is 2.01. The number of nitrogens with zero attached hydrogens (tertiary/aromatic N) is 8. The molecule has 0 aliphatic rings. The van der Waals surface area contributed by atoms with Gasteiger partial charge in [-0.2, -0.15) is 20.4 Å². The van der Waals surface area contributed by atoms with E-state index in [1.165, 1.54) is 15.4 Å². The first kappa shape index (κ1) is 39.6. The zero-order valence-electron chi connectivity index (χ0n) is 26.7. The average Bonchev–Trinajstić information content (AvgIpc) is 3.53. The Kier molecular flexibility index (Phi) is 13.6. The predicted molar refractivity (Wildman–Crippen MR) is 167 cm³/mol. The summed E-state index contributed by atoms with van der Waals surface area (Å²) in [4.78, 5) is -0.273. The van der Waals surface area contributed by atoms with Crippen LogP contribution in [0.25, 0.3) is 11.4 Å². The summed E-state index contributed by atoms with van der Waals surface area (Å²) >= 11 is 0. The zero-order chi connectivity index (χ0) is 34.4. The molecule has 0 aliphatic carbocycles. The molecule has 0 unspecified atom stereocenters. The first-order valence-corrected chi connectivity index (χ1v) is 15.6. The van der Waals surface area contributed by atoms with Crippen molar-refractivity contribution in [3.8, 4) is 34.6 Å². The van der Waals surface area contributed by atoms with Gasteiger partial charge in [0.1, 0.15) is 11.4 Å². The zero-order valence-corrected chi connectivity index (χ0v) is 30.8. The molecule has 0 saturated carbocycles. The second-order valence-corrected chi connectivity index (χ2v) is 11.6. The van der Waals surface area contributed by atoms with Gasteiger partial charge in [0.05, 0.1) is 39.0 Å². The Hall–Kier alpha value is -4.86. The van der Waals surface area contributed by atoms with Gasteiger partial charge in [-0.25, -0.2) is 22.9 Å². The molecule has 2 N–H and O–H groups in total. The number of benzene rings is 4. The van der Waals surface area contributed by atoms with Gasteiger partial charge in [-0.05, 0) is 56.3 Å². The quantitative estimate of drug-likeness (QED) is 0.184. The van der Waals surface area contributed by atoms with Gasteiger partial charge in [0.25, 0.3) is 0 Å². The molecule has 247 valence electrons. The minimum absolute atomic E-state index is 0. The van der Waals surface area contributed by atoms with Crippen molar-refractivity contribution >= 4 is 32.8 Å². The summed E-state index contributed by atoms with van der Waals surface area (Å²) in [7, 11) is -3.99. The standard InChI is InChI=1S/C16H15N5O4S.C16H14N4O2.Cr.Na/c1-10-15(16(23)21(20-10)11-5-3-2-4-6-11)19-18-13-9-12(26(17,24)25)7-8-14(13)22;1-11-15(18-17-13-9-5-6-10-14(13)21)16(22)20(19-11)12-7-3-2-4-8-12;;/h2-9,22-23H,1H3,(H2,17,24,25);2-10,21-22H,1H3;;/q;;+3;+1/p-4. The number of nitrogens with two attached hydrogens (primary N) is 1. The summed E-state index contributed by atoms with van der Waals surface area (Å²) in [6.45, 7) is 3.26. The van der Waals surface area contributed by atoms with Crippen LogP contribution in [0.15, 0.2) is 128 Å². The summed E-state index contributed by atoms with van der Waals surface area (Å²) in [6.07, 6.45) is 0. The van der Waals surface area contributed by atoms with E-state index in [0.717, 1.165) is 18.2 Å². The topological polar surface area (TPSA) is 237 Å². The molecule has 2 heterocycles. The van der Waals surface area contributed by atoms with Gasteiger partial charge in [-0.15, -0.1) is 10.2 Å². The Morgan fingerprint density at radius 2 is 1.02 bits per heavy atom. The molecule has 6 rings (SSSR count). The fourth-order valence-electron chi connectivity index (χ4n) is 4.21. The third-order valence-electron chi connectivity index (χ3n) is 6.62. The van der Waals surface area contributed by atoms with Gasteiger partial charge in [0.15, 0.2) is 0 Å². The van der Waals surface area contributed by atoms with Gasteiger partial charge in [0, 0.05) is 11.8 Å². The Bertz CT molecular complexity index is 2250. The SMILES string of the molecule is Cc1nn(-c2ccccc2)c([O-])c1N=Nc1cc(S(N)(=O)=O)ccc1[O-].Cc1nn(-c2ccccc2)c([O-])c1N=Nc1ccccc1[O-].[Cr+3].[Na+]. The van der Waals surface area contributed by atoms with Crippen molar-refractivity contribution < 1.29 is 75.8 Å². The third-order valence-corrected chi connectivity index (χ3v) is 7.53. The van der Waals surface area contributed by atoms with Crippen molar-refractivity contribution in [1.29, 1.82) is 0 Å². The van der Waals surface area contributed by atoms with Crippen molar-refractivity contribution in [2.45, 2.75) is 18.7 Å². The van der Waals surface area contributed by atoms with Crippen LogP contribution in [0, 0.1) is 13.8 Å².